The van der Waals surface area contributed by atoms with Crippen LogP contribution in [0.4, 0.5) is 0 Å². The molecular formula is C26H27BN6. The Bertz CT molecular complexity index is 1220. The van der Waals surface area contributed by atoms with Crippen LogP contribution in [0.1, 0.15) is 49.4 Å². The zero-order valence-corrected chi connectivity index (χ0v) is 18.6. The van der Waals surface area contributed by atoms with Crippen molar-refractivity contribution in [2.45, 2.75) is 37.8 Å². The molecule has 164 valence electrons. The summed E-state index contributed by atoms with van der Waals surface area (Å²) in [5.74, 6) is 1.99. The summed E-state index contributed by atoms with van der Waals surface area (Å²) in [5, 5.41) is 3.49. The van der Waals surface area contributed by atoms with Crippen LogP contribution in [-0.2, 0) is 0 Å². The number of H-pyrrole nitrogens is 2. The van der Waals surface area contributed by atoms with E-state index in [4.69, 9.17) is 7.98 Å². The van der Waals surface area contributed by atoms with E-state index in [2.05, 4.69) is 73.8 Å². The summed E-state index contributed by atoms with van der Waals surface area (Å²) < 4.78 is 0. The first-order chi connectivity index (χ1) is 16.2. The molecule has 2 atom stereocenters. The minimum absolute atomic E-state index is 0.192. The van der Waals surface area contributed by atoms with Gasteiger partial charge in [0.2, 0.25) is 0 Å². The summed E-state index contributed by atoms with van der Waals surface area (Å²) in [7, 11) is 6.09. The smallest absolute Gasteiger partial charge is 0.183 e. The standard InChI is InChI=1S/C26H27BN6/c27-33-14-2-4-24(33)26-30-16-23(32-26)20-11-7-18(8-12-20)17-5-9-19(10-6-17)22-15-29-25(31-22)21-3-1-13-28-21/h5-12,15-16,21,24,28H,1-4,13-14H2,(H,29,31)(H,30,32)/t21-,24-/m0/s1. The van der Waals surface area contributed by atoms with Crippen molar-refractivity contribution in [3.63, 3.8) is 0 Å². The topological polar surface area (TPSA) is 72.6 Å². The fourth-order valence-corrected chi connectivity index (χ4v) is 5.00. The molecule has 0 bridgehead atoms. The number of aromatic amines is 2. The second-order valence-corrected chi connectivity index (χ2v) is 9.06. The molecule has 2 fully saturated rings. The summed E-state index contributed by atoms with van der Waals surface area (Å²) in [6.07, 6.45) is 8.37. The lowest BCUT2D eigenvalue weighted by Crippen LogP contribution is -2.20. The monoisotopic (exact) mass is 434 g/mol. The van der Waals surface area contributed by atoms with Crippen molar-refractivity contribution in [3.8, 4) is 33.6 Å². The average molecular weight is 434 g/mol. The maximum Gasteiger partial charge on any atom is 0.183 e. The molecule has 6 nitrogen and oxygen atoms in total. The molecule has 2 aliphatic rings. The molecule has 2 radical (unpaired) electrons. The van der Waals surface area contributed by atoms with Gasteiger partial charge in [0.15, 0.2) is 7.98 Å². The fraction of sp³-hybridized carbons (Fsp3) is 0.308. The van der Waals surface area contributed by atoms with Crippen molar-refractivity contribution in [2.24, 2.45) is 0 Å². The average Bonchev–Trinajstić information content (AvgIpc) is 3.66. The highest BCUT2D eigenvalue weighted by Gasteiger charge is 2.24. The minimum Gasteiger partial charge on any atom is -0.345 e. The Labute approximate surface area is 195 Å². The molecule has 2 aliphatic heterocycles. The van der Waals surface area contributed by atoms with Gasteiger partial charge in [-0.3, -0.25) is 0 Å². The summed E-state index contributed by atoms with van der Waals surface area (Å²) in [4.78, 5) is 18.0. The summed E-state index contributed by atoms with van der Waals surface area (Å²) in [6.45, 7) is 2.00. The molecule has 2 saturated heterocycles. The Kier molecular flexibility index (Phi) is 5.36. The maximum absolute atomic E-state index is 6.09. The highest BCUT2D eigenvalue weighted by atomic mass is 15.1. The lowest BCUT2D eigenvalue weighted by molar-refractivity contribution is 0.418. The third-order valence-electron chi connectivity index (χ3n) is 6.92. The summed E-state index contributed by atoms with van der Waals surface area (Å²) in [6, 6.07) is 17.8. The largest absolute Gasteiger partial charge is 0.345 e. The molecule has 0 unspecified atom stereocenters. The Morgan fingerprint density at radius 3 is 1.85 bits per heavy atom. The number of aromatic nitrogens is 4. The normalized spacial score (nSPS) is 21.1. The van der Waals surface area contributed by atoms with Crippen LogP contribution < -0.4 is 5.32 Å². The molecule has 33 heavy (non-hydrogen) atoms. The lowest BCUT2D eigenvalue weighted by Gasteiger charge is -2.17. The third-order valence-corrected chi connectivity index (χ3v) is 6.92. The van der Waals surface area contributed by atoms with Crippen molar-refractivity contribution in [1.29, 1.82) is 0 Å². The molecule has 0 saturated carbocycles. The first kappa shape index (κ1) is 20.5. The van der Waals surface area contributed by atoms with E-state index in [0.29, 0.717) is 6.04 Å². The molecule has 2 aromatic heterocycles. The van der Waals surface area contributed by atoms with Gasteiger partial charge in [-0.25, -0.2) is 9.97 Å². The second kappa shape index (κ2) is 8.65. The van der Waals surface area contributed by atoms with E-state index in [1.54, 1.807) is 0 Å². The second-order valence-electron chi connectivity index (χ2n) is 9.06. The van der Waals surface area contributed by atoms with Crippen LogP contribution in [0.15, 0.2) is 60.9 Å². The molecule has 7 heteroatoms. The number of hydrogen-bond acceptors (Lipinski definition) is 4. The number of nitrogens with one attached hydrogen (secondary N) is 3. The quantitative estimate of drug-likeness (QED) is 0.396. The fourth-order valence-electron chi connectivity index (χ4n) is 5.00. The van der Waals surface area contributed by atoms with E-state index in [1.165, 1.54) is 17.5 Å². The predicted molar refractivity (Wildman–Crippen MR) is 131 cm³/mol. The lowest BCUT2D eigenvalue weighted by atomic mass is 10.0. The van der Waals surface area contributed by atoms with Crippen LogP contribution in [0.5, 0.6) is 0 Å². The van der Waals surface area contributed by atoms with Gasteiger partial charge in [-0.1, -0.05) is 48.5 Å². The highest BCUT2D eigenvalue weighted by Crippen LogP contribution is 2.31. The molecule has 4 aromatic rings. The summed E-state index contributed by atoms with van der Waals surface area (Å²) in [5.41, 5.74) is 6.75. The van der Waals surface area contributed by atoms with E-state index in [1.807, 2.05) is 17.2 Å². The zero-order chi connectivity index (χ0) is 22.2. The van der Waals surface area contributed by atoms with E-state index in [0.717, 1.165) is 66.5 Å². The SMILES string of the molecule is [B]N1CCC[C@H]1c1ncc(-c2ccc(-c3ccc(-c4cnc([C@@H]5CCCN5)[nH]4)cc3)cc2)[nH]1. The van der Waals surface area contributed by atoms with E-state index >= 15 is 0 Å². The molecule has 4 heterocycles. The first-order valence-electron chi connectivity index (χ1n) is 11.8. The summed E-state index contributed by atoms with van der Waals surface area (Å²) >= 11 is 0. The Morgan fingerprint density at radius 2 is 1.30 bits per heavy atom. The number of imidazole rings is 2. The van der Waals surface area contributed by atoms with Crippen LogP contribution in [-0.4, -0.2) is 45.8 Å². The number of hydrogen-bond donors (Lipinski definition) is 3. The van der Waals surface area contributed by atoms with Crippen LogP contribution in [0.25, 0.3) is 33.6 Å². The van der Waals surface area contributed by atoms with Crippen LogP contribution in [0.3, 0.4) is 0 Å². The van der Waals surface area contributed by atoms with Crippen molar-refractivity contribution >= 4 is 7.98 Å². The van der Waals surface area contributed by atoms with Gasteiger partial charge in [-0.15, -0.1) is 0 Å². The van der Waals surface area contributed by atoms with Gasteiger partial charge < -0.3 is 20.1 Å². The van der Waals surface area contributed by atoms with Crippen molar-refractivity contribution in [3.05, 3.63) is 72.6 Å². The third kappa shape index (κ3) is 4.03. The van der Waals surface area contributed by atoms with Crippen molar-refractivity contribution in [2.75, 3.05) is 13.1 Å². The molecule has 2 aromatic carbocycles. The van der Waals surface area contributed by atoms with Gasteiger partial charge in [0.1, 0.15) is 11.6 Å². The van der Waals surface area contributed by atoms with E-state index in [-0.39, 0.29) is 6.04 Å². The van der Waals surface area contributed by atoms with Gasteiger partial charge in [-0.05, 0) is 61.0 Å². The minimum atomic E-state index is 0.192. The van der Waals surface area contributed by atoms with Gasteiger partial charge in [0.05, 0.1) is 35.9 Å². The first-order valence-corrected chi connectivity index (χ1v) is 11.8. The number of nitrogens with zero attached hydrogens (tertiary/aromatic N) is 3. The van der Waals surface area contributed by atoms with Crippen molar-refractivity contribution in [1.82, 2.24) is 30.1 Å². The Balaban J connectivity index is 1.17. The highest BCUT2D eigenvalue weighted by molar-refractivity contribution is 6.04. The van der Waals surface area contributed by atoms with Gasteiger partial charge >= 0.3 is 0 Å². The Hall–Kier alpha value is -3.16. The molecule has 3 N–H and O–H groups in total. The Morgan fingerprint density at radius 1 is 0.727 bits per heavy atom. The molecular weight excluding hydrogens is 407 g/mol. The van der Waals surface area contributed by atoms with E-state index < -0.39 is 0 Å². The van der Waals surface area contributed by atoms with E-state index in [9.17, 15) is 0 Å². The molecule has 6 rings (SSSR count). The maximum atomic E-state index is 6.09. The number of benzene rings is 2. The van der Waals surface area contributed by atoms with Gasteiger partial charge in [0.25, 0.3) is 0 Å². The zero-order valence-electron chi connectivity index (χ0n) is 18.6. The predicted octanol–water partition coefficient (Wildman–Crippen LogP) is 4.78. The van der Waals surface area contributed by atoms with Gasteiger partial charge in [-0.2, -0.15) is 0 Å². The molecule has 0 amide bonds. The van der Waals surface area contributed by atoms with Crippen LogP contribution in [0, 0.1) is 0 Å². The van der Waals surface area contributed by atoms with Gasteiger partial charge in [0, 0.05) is 0 Å². The van der Waals surface area contributed by atoms with Crippen molar-refractivity contribution < 1.29 is 0 Å². The van der Waals surface area contributed by atoms with Crippen LogP contribution in [0.2, 0.25) is 0 Å². The molecule has 0 spiro atoms. The van der Waals surface area contributed by atoms with Crippen LogP contribution >= 0.6 is 0 Å². The number of rotatable bonds is 5. The molecule has 0 aliphatic carbocycles.